The third kappa shape index (κ3) is 3.37. The number of fused-ring (bicyclic) bond motifs is 1. The summed E-state index contributed by atoms with van der Waals surface area (Å²) in [6.07, 6.45) is -0.519. The summed E-state index contributed by atoms with van der Waals surface area (Å²) in [6, 6.07) is 13.6. The van der Waals surface area contributed by atoms with Crippen molar-refractivity contribution >= 4 is 11.0 Å². The quantitative estimate of drug-likeness (QED) is 0.678. The Labute approximate surface area is 145 Å². The third-order valence-corrected chi connectivity index (χ3v) is 4.69. The second-order valence-electron chi connectivity index (χ2n) is 6.36. The van der Waals surface area contributed by atoms with Crippen molar-refractivity contribution < 1.29 is 9.84 Å². The fourth-order valence-electron chi connectivity index (χ4n) is 3.32. The first kappa shape index (κ1) is 16.1. The number of nitrogens with one attached hydrogen (secondary N) is 2. The first-order chi connectivity index (χ1) is 12.2. The predicted octanol–water partition coefficient (Wildman–Crippen LogP) is 1.89. The van der Waals surface area contributed by atoms with Crippen LogP contribution in [0.25, 0.3) is 22.2 Å². The van der Waals surface area contributed by atoms with Gasteiger partial charge < -0.3 is 19.8 Å². The summed E-state index contributed by atoms with van der Waals surface area (Å²) in [5.74, 6) is 0. The van der Waals surface area contributed by atoms with Gasteiger partial charge in [-0.3, -0.25) is 4.90 Å². The molecule has 1 aliphatic heterocycles. The number of morpholine rings is 1. The van der Waals surface area contributed by atoms with Crippen LogP contribution in [-0.4, -0.2) is 52.8 Å². The summed E-state index contributed by atoms with van der Waals surface area (Å²) in [7, 11) is 0. The van der Waals surface area contributed by atoms with Crippen molar-refractivity contribution in [3.8, 4) is 11.1 Å². The first-order valence-corrected chi connectivity index (χ1v) is 8.50. The molecule has 0 bridgehead atoms. The Morgan fingerprint density at radius 3 is 2.60 bits per heavy atom. The summed E-state index contributed by atoms with van der Waals surface area (Å²) >= 11 is 0. The summed E-state index contributed by atoms with van der Waals surface area (Å²) in [6.45, 7) is 3.79. The monoisotopic (exact) mass is 339 g/mol. The van der Waals surface area contributed by atoms with Gasteiger partial charge in [-0.05, 0) is 17.2 Å². The Morgan fingerprint density at radius 1 is 1.08 bits per heavy atom. The van der Waals surface area contributed by atoms with E-state index >= 15 is 0 Å². The van der Waals surface area contributed by atoms with E-state index in [1.807, 2.05) is 42.5 Å². The Morgan fingerprint density at radius 2 is 1.84 bits per heavy atom. The van der Waals surface area contributed by atoms with Gasteiger partial charge in [0, 0.05) is 25.2 Å². The molecule has 0 spiro atoms. The molecule has 130 valence electrons. The SMILES string of the molecule is O=c1[nH]c2cccc(-c3ccc(C(O)CN4CCOCC4)cc3)c2[nH]1. The molecule has 2 aromatic carbocycles. The summed E-state index contributed by atoms with van der Waals surface area (Å²) < 4.78 is 5.34. The van der Waals surface area contributed by atoms with Crippen LogP contribution in [0.15, 0.2) is 47.3 Å². The van der Waals surface area contributed by atoms with Gasteiger partial charge in [-0.15, -0.1) is 0 Å². The van der Waals surface area contributed by atoms with Crippen molar-refractivity contribution in [1.82, 2.24) is 14.9 Å². The van der Waals surface area contributed by atoms with Gasteiger partial charge >= 0.3 is 5.69 Å². The topological polar surface area (TPSA) is 81.3 Å². The molecule has 0 aliphatic carbocycles. The second kappa shape index (κ2) is 6.84. The standard InChI is InChI=1S/C19H21N3O3/c23-17(12-22-8-10-25-11-9-22)14-6-4-13(5-7-14)15-2-1-3-16-18(15)21-19(24)20-16/h1-7,17,23H,8-12H2,(H2,20,21,24). The van der Waals surface area contributed by atoms with Crippen molar-refractivity contribution in [2.75, 3.05) is 32.8 Å². The van der Waals surface area contributed by atoms with Gasteiger partial charge in [0.15, 0.2) is 0 Å². The zero-order valence-corrected chi connectivity index (χ0v) is 13.9. The molecule has 1 atom stereocenters. The van der Waals surface area contributed by atoms with Crippen LogP contribution >= 0.6 is 0 Å². The normalized spacial score (nSPS) is 17.0. The van der Waals surface area contributed by atoms with Gasteiger partial charge in [0.1, 0.15) is 0 Å². The van der Waals surface area contributed by atoms with Gasteiger partial charge in [0.05, 0.1) is 30.4 Å². The number of hydrogen-bond acceptors (Lipinski definition) is 4. The minimum Gasteiger partial charge on any atom is -0.387 e. The minimum absolute atomic E-state index is 0.208. The second-order valence-corrected chi connectivity index (χ2v) is 6.36. The number of rotatable bonds is 4. The van der Waals surface area contributed by atoms with E-state index in [2.05, 4.69) is 14.9 Å². The number of aromatic nitrogens is 2. The number of nitrogens with zero attached hydrogens (tertiary/aromatic N) is 1. The number of hydrogen-bond donors (Lipinski definition) is 3. The van der Waals surface area contributed by atoms with Gasteiger partial charge in [0.2, 0.25) is 0 Å². The van der Waals surface area contributed by atoms with E-state index in [0.29, 0.717) is 6.54 Å². The molecule has 1 aliphatic rings. The Balaban J connectivity index is 1.55. The fraction of sp³-hybridized carbons (Fsp3) is 0.316. The number of β-amino-alcohol motifs (C(OH)–C–C–N with tert-alkyl or cyclic N) is 1. The number of benzene rings is 2. The number of aliphatic hydroxyl groups is 1. The largest absolute Gasteiger partial charge is 0.387 e. The van der Waals surface area contributed by atoms with E-state index in [-0.39, 0.29) is 5.69 Å². The predicted molar refractivity (Wildman–Crippen MR) is 96.6 cm³/mol. The minimum atomic E-state index is -0.519. The molecule has 6 nitrogen and oxygen atoms in total. The molecular formula is C19H21N3O3. The van der Waals surface area contributed by atoms with Crippen LogP contribution in [-0.2, 0) is 4.74 Å². The highest BCUT2D eigenvalue weighted by atomic mass is 16.5. The van der Waals surface area contributed by atoms with E-state index in [1.54, 1.807) is 0 Å². The number of H-pyrrole nitrogens is 2. The Hall–Kier alpha value is -2.41. The van der Waals surface area contributed by atoms with E-state index < -0.39 is 6.10 Å². The van der Waals surface area contributed by atoms with Crippen molar-refractivity contribution in [1.29, 1.82) is 0 Å². The maximum atomic E-state index is 11.5. The van der Waals surface area contributed by atoms with E-state index in [4.69, 9.17) is 4.74 Å². The lowest BCUT2D eigenvalue weighted by Crippen LogP contribution is -2.38. The molecule has 3 N–H and O–H groups in total. The highest BCUT2D eigenvalue weighted by Crippen LogP contribution is 2.27. The molecule has 6 heteroatoms. The molecule has 0 radical (unpaired) electrons. The highest BCUT2D eigenvalue weighted by Gasteiger charge is 2.16. The zero-order chi connectivity index (χ0) is 17.2. The van der Waals surface area contributed by atoms with E-state index in [0.717, 1.165) is 54.0 Å². The molecule has 4 rings (SSSR count). The van der Waals surface area contributed by atoms with Gasteiger partial charge in [-0.2, -0.15) is 0 Å². The number of para-hydroxylation sites is 1. The van der Waals surface area contributed by atoms with E-state index in [9.17, 15) is 9.90 Å². The van der Waals surface area contributed by atoms with Gasteiger partial charge in [-0.1, -0.05) is 36.4 Å². The first-order valence-electron chi connectivity index (χ1n) is 8.50. The molecular weight excluding hydrogens is 318 g/mol. The van der Waals surface area contributed by atoms with Crippen LogP contribution < -0.4 is 5.69 Å². The van der Waals surface area contributed by atoms with Crippen molar-refractivity contribution in [2.45, 2.75) is 6.10 Å². The smallest absolute Gasteiger partial charge is 0.323 e. The summed E-state index contributed by atoms with van der Waals surface area (Å²) in [4.78, 5) is 19.4. The highest BCUT2D eigenvalue weighted by molar-refractivity contribution is 5.91. The molecule has 1 saturated heterocycles. The maximum absolute atomic E-state index is 11.5. The van der Waals surface area contributed by atoms with Crippen LogP contribution in [0.5, 0.6) is 0 Å². The molecule has 0 saturated carbocycles. The van der Waals surface area contributed by atoms with Crippen LogP contribution in [0, 0.1) is 0 Å². The van der Waals surface area contributed by atoms with Gasteiger partial charge in [0.25, 0.3) is 0 Å². The maximum Gasteiger partial charge on any atom is 0.323 e. The Kier molecular flexibility index (Phi) is 4.40. The van der Waals surface area contributed by atoms with Crippen molar-refractivity contribution in [2.24, 2.45) is 0 Å². The van der Waals surface area contributed by atoms with Crippen molar-refractivity contribution in [3.05, 3.63) is 58.5 Å². The number of ether oxygens (including phenoxy) is 1. The van der Waals surface area contributed by atoms with Gasteiger partial charge in [-0.25, -0.2) is 4.79 Å². The average molecular weight is 339 g/mol. The number of aliphatic hydroxyl groups excluding tert-OH is 1. The Bertz CT molecular complexity index is 908. The zero-order valence-electron chi connectivity index (χ0n) is 13.9. The lowest BCUT2D eigenvalue weighted by atomic mass is 10.0. The number of imidazole rings is 1. The van der Waals surface area contributed by atoms with Crippen LogP contribution in [0.3, 0.4) is 0 Å². The van der Waals surface area contributed by atoms with E-state index in [1.165, 1.54) is 0 Å². The van der Waals surface area contributed by atoms with Crippen LogP contribution in [0.2, 0.25) is 0 Å². The molecule has 0 amide bonds. The summed E-state index contributed by atoms with van der Waals surface area (Å²) in [5.41, 5.74) is 4.24. The molecule has 1 unspecified atom stereocenters. The molecule has 1 aromatic heterocycles. The molecule has 3 aromatic rings. The van der Waals surface area contributed by atoms with Crippen LogP contribution in [0.4, 0.5) is 0 Å². The molecule has 25 heavy (non-hydrogen) atoms. The molecule has 1 fully saturated rings. The fourth-order valence-corrected chi connectivity index (χ4v) is 3.32. The van der Waals surface area contributed by atoms with Crippen LogP contribution in [0.1, 0.15) is 11.7 Å². The lowest BCUT2D eigenvalue weighted by molar-refractivity contribution is 0.0143. The number of aromatic amines is 2. The lowest BCUT2D eigenvalue weighted by Gasteiger charge is -2.28. The average Bonchev–Trinajstić information content (AvgIpc) is 3.03. The van der Waals surface area contributed by atoms with Crippen molar-refractivity contribution in [3.63, 3.8) is 0 Å². The third-order valence-electron chi connectivity index (χ3n) is 4.69. The summed E-state index contributed by atoms with van der Waals surface area (Å²) in [5, 5.41) is 10.5. The molecule has 2 heterocycles.